The van der Waals surface area contributed by atoms with Gasteiger partial charge in [-0.15, -0.1) is 0 Å². The van der Waals surface area contributed by atoms with Gasteiger partial charge in [0.25, 0.3) is 0 Å². The molecule has 0 heterocycles. The first-order valence-corrected chi connectivity index (χ1v) is 11.6. The number of allylic oxidation sites excluding steroid dienone is 4. The topological polar surface area (TPSA) is 60.4 Å². The number of hydrogen-bond acceptors (Lipinski definition) is 4. The average Bonchev–Trinajstić information content (AvgIpc) is 2.85. The molecule has 7 atom stereocenters. The van der Waals surface area contributed by atoms with Crippen LogP contribution in [-0.4, -0.2) is 23.1 Å². The summed E-state index contributed by atoms with van der Waals surface area (Å²) in [7, 11) is 0. The molecule has 2 fully saturated rings. The van der Waals surface area contributed by atoms with Gasteiger partial charge in [0, 0.05) is 29.2 Å². The molecule has 0 aromatic carbocycles. The van der Waals surface area contributed by atoms with Crippen LogP contribution in [0.5, 0.6) is 0 Å². The van der Waals surface area contributed by atoms with E-state index < -0.39 is 5.60 Å². The van der Waals surface area contributed by atoms with Crippen LogP contribution >= 0.6 is 15.9 Å². The molecule has 0 N–H and O–H groups in total. The van der Waals surface area contributed by atoms with Gasteiger partial charge in [-0.2, -0.15) is 0 Å². The molecule has 5 heteroatoms. The zero-order valence-corrected chi connectivity index (χ0v) is 19.6. The summed E-state index contributed by atoms with van der Waals surface area (Å²) >= 11 is 3.77. The number of hydrogen-bond donors (Lipinski definition) is 0. The molecular weight excluding hydrogens is 432 g/mol. The van der Waals surface area contributed by atoms with E-state index in [4.69, 9.17) is 4.74 Å². The molecule has 0 bridgehead atoms. The van der Waals surface area contributed by atoms with E-state index in [9.17, 15) is 14.4 Å². The van der Waals surface area contributed by atoms with Crippen molar-refractivity contribution in [1.29, 1.82) is 0 Å². The molecule has 0 saturated heterocycles. The molecule has 158 valence electrons. The Labute approximate surface area is 181 Å². The van der Waals surface area contributed by atoms with E-state index in [0.717, 1.165) is 35.7 Å². The largest absolute Gasteiger partial charge is 0.450 e. The van der Waals surface area contributed by atoms with Crippen molar-refractivity contribution in [3.8, 4) is 0 Å². The maximum atomic E-state index is 13.0. The molecule has 0 aromatic heterocycles. The number of halogens is 1. The molecule has 4 rings (SSSR count). The van der Waals surface area contributed by atoms with Gasteiger partial charge in [0.1, 0.15) is 0 Å². The van der Waals surface area contributed by atoms with E-state index in [1.54, 1.807) is 6.92 Å². The Balaban J connectivity index is 1.83. The van der Waals surface area contributed by atoms with Crippen LogP contribution in [0, 0.1) is 34.5 Å². The highest BCUT2D eigenvalue weighted by Gasteiger charge is 2.70. The van der Waals surface area contributed by atoms with Gasteiger partial charge in [-0.05, 0) is 67.4 Å². The zero-order chi connectivity index (χ0) is 21.4. The Morgan fingerprint density at radius 2 is 1.86 bits per heavy atom. The summed E-state index contributed by atoms with van der Waals surface area (Å²) in [5, 5.41) is 0. The lowest BCUT2D eigenvalue weighted by molar-refractivity contribution is -0.190. The standard InChI is InChI=1S/C24H31BrO4/c1-13-10-19-17-12-21(25)20-11-16(28)6-8-22(20,4)18(17)7-9-23(19,5)24(13,14(2)26)29-15(3)27/h11-13,17-19H,6-10H2,1-5H3/t13-,17+,18-,19-,22+,23-,24-/m0/s1. The summed E-state index contributed by atoms with van der Waals surface area (Å²) in [5.74, 6) is 0.801. The highest BCUT2D eigenvalue weighted by Crippen LogP contribution is 2.69. The highest BCUT2D eigenvalue weighted by molar-refractivity contribution is 9.12. The van der Waals surface area contributed by atoms with E-state index in [2.05, 4.69) is 42.8 Å². The summed E-state index contributed by atoms with van der Waals surface area (Å²) in [6.07, 6.45) is 8.31. The molecule has 29 heavy (non-hydrogen) atoms. The lowest BCUT2D eigenvalue weighted by Gasteiger charge is -2.57. The van der Waals surface area contributed by atoms with Gasteiger partial charge in [-0.3, -0.25) is 14.4 Å². The molecular formula is C24H31BrO4. The van der Waals surface area contributed by atoms with Crippen molar-refractivity contribution in [2.75, 3.05) is 0 Å². The van der Waals surface area contributed by atoms with Gasteiger partial charge in [-0.1, -0.05) is 42.8 Å². The summed E-state index contributed by atoms with van der Waals surface area (Å²) < 4.78 is 6.95. The lowest BCUT2D eigenvalue weighted by Crippen LogP contribution is -2.59. The van der Waals surface area contributed by atoms with Crippen LogP contribution in [0.25, 0.3) is 0 Å². The summed E-state index contributed by atoms with van der Waals surface area (Å²) in [6, 6.07) is 0. The molecule has 0 radical (unpaired) electrons. The second-order valence-electron chi connectivity index (χ2n) is 10.2. The first-order chi connectivity index (χ1) is 13.5. The fraction of sp³-hybridized carbons (Fsp3) is 0.708. The minimum absolute atomic E-state index is 0.0116. The van der Waals surface area contributed by atoms with E-state index >= 15 is 0 Å². The third kappa shape index (κ3) is 2.65. The molecule has 2 saturated carbocycles. The van der Waals surface area contributed by atoms with Crippen LogP contribution in [0.1, 0.15) is 66.7 Å². The maximum Gasteiger partial charge on any atom is 0.303 e. The van der Waals surface area contributed by atoms with Gasteiger partial charge in [0.05, 0.1) is 0 Å². The zero-order valence-electron chi connectivity index (χ0n) is 18.0. The average molecular weight is 463 g/mol. The summed E-state index contributed by atoms with van der Waals surface area (Å²) in [6.45, 7) is 9.54. The van der Waals surface area contributed by atoms with Gasteiger partial charge in [0.2, 0.25) is 0 Å². The second-order valence-corrected chi connectivity index (χ2v) is 11.1. The fourth-order valence-electron chi connectivity index (χ4n) is 7.67. The smallest absolute Gasteiger partial charge is 0.303 e. The van der Waals surface area contributed by atoms with Gasteiger partial charge in [0.15, 0.2) is 17.2 Å². The van der Waals surface area contributed by atoms with E-state index in [1.165, 1.54) is 6.92 Å². The number of fused-ring (bicyclic) bond motifs is 5. The third-order valence-electron chi connectivity index (χ3n) is 8.93. The SMILES string of the molecule is CC(=O)O[C@]1(C(C)=O)[C@@H](C)C[C@H]2[C@@H]3C=C(Br)C4=CC(=O)CC[C@]4(C)[C@H]3CC[C@@]21C. The fourth-order valence-corrected chi connectivity index (χ4v) is 8.54. The number of rotatable bonds is 2. The number of Topliss-reactive ketones (excluding diaryl/α,β-unsaturated/α-hetero) is 1. The number of ketones is 2. The van der Waals surface area contributed by atoms with E-state index in [1.807, 2.05) is 6.08 Å². The molecule has 0 spiro atoms. The second kappa shape index (κ2) is 6.63. The van der Waals surface area contributed by atoms with Crippen molar-refractivity contribution in [3.05, 3.63) is 22.2 Å². The van der Waals surface area contributed by atoms with Crippen LogP contribution in [0.3, 0.4) is 0 Å². The number of ether oxygens (including phenoxy) is 1. The van der Waals surface area contributed by atoms with Crippen LogP contribution in [-0.2, 0) is 19.1 Å². The predicted octanol–water partition coefficient (Wildman–Crippen LogP) is 5.15. The van der Waals surface area contributed by atoms with Crippen molar-refractivity contribution in [2.45, 2.75) is 72.3 Å². The number of carbonyl (C=O) groups excluding carboxylic acids is 3. The van der Waals surface area contributed by atoms with Crippen molar-refractivity contribution in [2.24, 2.45) is 34.5 Å². The Bertz CT molecular complexity index is 857. The molecule has 0 aliphatic heterocycles. The number of carbonyl (C=O) groups is 3. The van der Waals surface area contributed by atoms with Crippen LogP contribution in [0.2, 0.25) is 0 Å². The van der Waals surface area contributed by atoms with Crippen molar-refractivity contribution < 1.29 is 19.1 Å². The molecule has 0 aromatic rings. The quantitative estimate of drug-likeness (QED) is 0.532. The lowest BCUT2D eigenvalue weighted by atomic mass is 9.48. The van der Waals surface area contributed by atoms with Crippen LogP contribution in [0.4, 0.5) is 0 Å². The van der Waals surface area contributed by atoms with E-state index in [-0.39, 0.29) is 40.2 Å². The first kappa shape index (κ1) is 21.0. The Morgan fingerprint density at radius 1 is 1.17 bits per heavy atom. The molecule has 4 nitrogen and oxygen atoms in total. The third-order valence-corrected chi connectivity index (χ3v) is 9.62. The molecule has 4 aliphatic rings. The van der Waals surface area contributed by atoms with Crippen LogP contribution < -0.4 is 0 Å². The molecule has 0 amide bonds. The van der Waals surface area contributed by atoms with Crippen molar-refractivity contribution >= 4 is 33.5 Å². The summed E-state index contributed by atoms with van der Waals surface area (Å²) in [5.41, 5.74) is -0.312. The Kier molecular flexibility index (Phi) is 4.81. The molecule has 0 unspecified atom stereocenters. The summed E-state index contributed by atoms with van der Waals surface area (Å²) in [4.78, 5) is 37.1. The Hall–Kier alpha value is -1.23. The monoisotopic (exact) mass is 462 g/mol. The number of esters is 1. The normalized spacial score (nSPS) is 46.1. The minimum Gasteiger partial charge on any atom is -0.450 e. The maximum absolute atomic E-state index is 13.0. The van der Waals surface area contributed by atoms with Gasteiger partial charge in [-0.25, -0.2) is 0 Å². The van der Waals surface area contributed by atoms with Crippen LogP contribution in [0.15, 0.2) is 22.2 Å². The molecule has 4 aliphatic carbocycles. The van der Waals surface area contributed by atoms with Crippen molar-refractivity contribution in [1.82, 2.24) is 0 Å². The Morgan fingerprint density at radius 3 is 2.48 bits per heavy atom. The highest BCUT2D eigenvalue weighted by atomic mass is 79.9. The van der Waals surface area contributed by atoms with Gasteiger partial charge >= 0.3 is 5.97 Å². The first-order valence-electron chi connectivity index (χ1n) is 10.8. The van der Waals surface area contributed by atoms with Gasteiger partial charge < -0.3 is 4.74 Å². The minimum atomic E-state index is -1.05. The predicted molar refractivity (Wildman–Crippen MR) is 114 cm³/mol. The van der Waals surface area contributed by atoms with Crippen molar-refractivity contribution in [3.63, 3.8) is 0 Å². The van der Waals surface area contributed by atoms with E-state index in [0.29, 0.717) is 18.3 Å².